The monoisotopic (exact) mass is 270 g/mol. The van der Waals surface area contributed by atoms with Gasteiger partial charge in [0.25, 0.3) is 0 Å². The van der Waals surface area contributed by atoms with Crippen LogP contribution in [0.2, 0.25) is 0 Å². The van der Waals surface area contributed by atoms with Crippen LogP contribution in [0.5, 0.6) is 0 Å². The van der Waals surface area contributed by atoms with E-state index in [-0.39, 0.29) is 0 Å². The van der Waals surface area contributed by atoms with Gasteiger partial charge in [0.2, 0.25) is 0 Å². The Hall–Kier alpha value is -0.0800. The molecule has 2 unspecified atom stereocenters. The fourth-order valence-corrected chi connectivity index (χ4v) is 2.43. The molecule has 0 aromatic heterocycles. The lowest BCUT2D eigenvalue weighted by Crippen LogP contribution is -2.40. The molecule has 0 aliphatic rings. The average molecular weight is 271 g/mol. The first-order valence-electron chi connectivity index (χ1n) is 8.63. The molecule has 1 N–H and O–H groups in total. The summed E-state index contributed by atoms with van der Waals surface area (Å²) in [7, 11) is 0. The molecule has 0 spiro atoms. The lowest BCUT2D eigenvalue weighted by atomic mass is 10.1. The van der Waals surface area contributed by atoms with Crippen molar-refractivity contribution in [2.75, 3.05) is 19.6 Å². The summed E-state index contributed by atoms with van der Waals surface area (Å²) in [6.07, 6.45) is 9.29. The summed E-state index contributed by atoms with van der Waals surface area (Å²) in [4.78, 5) is 2.65. The van der Waals surface area contributed by atoms with Crippen molar-refractivity contribution in [3.05, 3.63) is 0 Å². The van der Waals surface area contributed by atoms with E-state index in [2.05, 4.69) is 44.8 Å². The minimum atomic E-state index is 0.677. The Morgan fingerprint density at radius 1 is 0.895 bits per heavy atom. The topological polar surface area (TPSA) is 15.3 Å². The Labute approximate surface area is 122 Å². The van der Waals surface area contributed by atoms with E-state index < -0.39 is 0 Å². The van der Waals surface area contributed by atoms with Crippen LogP contribution in [0.15, 0.2) is 0 Å². The van der Waals surface area contributed by atoms with Crippen molar-refractivity contribution in [1.29, 1.82) is 0 Å². The predicted octanol–water partition coefficient (Wildman–Crippen LogP) is 4.45. The van der Waals surface area contributed by atoms with E-state index in [0.29, 0.717) is 6.04 Å². The smallest absolute Gasteiger partial charge is 0.0110 e. The Morgan fingerprint density at radius 3 is 2.16 bits per heavy atom. The minimum Gasteiger partial charge on any atom is -0.313 e. The van der Waals surface area contributed by atoms with Crippen molar-refractivity contribution in [1.82, 2.24) is 10.2 Å². The largest absolute Gasteiger partial charge is 0.313 e. The third kappa shape index (κ3) is 10.4. The molecule has 0 rings (SSSR count). The van der Waals surface area contributed by atoms with E-state index in [1.807, 2.05) is 0 Å². The molecule has 2 heteroatoms. The molecule has 2 nitrogen and oxygen atoms in total. The molecule has 0 radical (unpaired) electrons. The molecule has 0 aliphatic carbocycles. The van der Waals surface area contributed by atoms with E-state index in [4.69, 9.17) is 0 Å². The van der Waals surface area contributed by atoms with E-state index >= 15 is 0 Å². The number of rotatable bonds is 13. The van der Waals surface area contributed by atoms with Gasteiger partial charge in [-0.1, -0.05) is 46.5 Å². The lowest BCUT2D eigenvalue weighted by molar-refractivity contribution is 0.199. The Morgan fingerprint density at radius 2 is 1.58 bits per heavy atom. The second-order valence-corrected chi connectivity index (χ2v) is 6.00. The summed E-state index contributed by atoms with van der Waals surface area (Å²) >= 11 is 0. The third-order valence-electron chi connectivity index (χ3n) is 4.15. The summed E-state index contributed by atoms with van der Waals surface area (Å²) in [5, 5.41) is 3.69. The summed E-state index contributed by atoms with van der Waals surface area (Å²) in [5.74, 6) is 0. The van der Waals surface area contributed by atoms with Crippen molar-refractivity contribution in [2.24, 2.45) is 0 Å². The van der Waals surface area contributed by atoms with E-state index in [9.17, 15) is 0 Å². The molecule has 0 bridgehead atoms. The maximum Gasteiger partial charge on any atom is 0.0110 e. The Balaban J connectivity index is 3.77. The summed E-state index contributed by atoms with van der Waals surface area (Å²) < 4.78 is 0. The third-order valence-corrected chi connectivity index (χ3v) is 4.15. The first-order chi connectivity index (χ1) is 9.15. The van der Waals surface area contributed by atoms with Gasteiger partial charge in [-0.25, -0.2) is 0 Å². The average Bonchev–Trinajstić information content (AvgIpc) is 2.42. The van der Waals surface area contributed by atoms with Crippen LogP contribution in [0.25, 0.3) is 0 Å². The zero-order valence-corrected chi connectivity index (χ0v) is 14.2. The number of nitrogens with one attached hydrogen (secondary N) is 1. The van der Waals surface area contributed by atoms with Crippen LogP contribution in [-0.2, 0) is 0 Å². The van der Waals surface area contributed by atoms with Crippen molar-refractivity contribution >= 4 is 0 Å². The molecule has 116 valence electrons. The molecule has 0 aliphatic heterocycles. The molecule has 0 saturated heterocycles. The van der Waals surface area contributed by atoms with Crippen molar-refractivity contribution in [2.45, 2.75) is 91.6 Å². The van der Waals surface area contributed by atoms with Gasteiger partial charge in [-0.2, -0.15) is 0 Å². The molecule has 0 aromatic carbocycles. The summed E-state index contributed by atoms with van der Waals surface area (Å²) in [6, 6.07) is 1.40. The number of nitrogens with zero attached hydrogens (tertiary/aromatic N) is 1. The second-order valence-electron chi connectivity index (χ2n) is 6.00. The van der Waals surface area contributed by atoms with Gasteiger partial charge >= 0.3 is 0 Å². The first kappa shape index (κ1) is 18.9. The molecule has 2 atom stereocenters. The number of unbranched alkanes of at least 4 members (excludes halogenated alkanes) is 3. The Kier molecular flexibility index (Phi) is 12.9. The van der Waals surface area contributed by atoms with Crippen LogP contribution in [0.1, 0.15) is 79.6 Å². The zero-order chi connectivity index (χ0) is 14.5. The quantitative estimate of drug-likeness (QED) is 0.498. The van der Waals surface area contributed by atoms with Crippen LogP contribution < -0.4 is 5.32 Å². The SMILES string of the molecule is CCCCCC(C)NCCN(CCCC)C(C)CC. The second kappa shape index (κ2) is 12.9. The van der Waals surface area contributed by atoms with Crippen LogP contribution in [0, 0.1) is 0 Å². The van der Waals surface area contributed by atoms with E-state index in [0.717, 1.165) is 12.6 Å². The van der Waals surface area contributed by atoms with Gasteiger partial charge in [0.1, 0.15) is 0 Å². The number of hydrogen-bond donors (Lipinski definition) is 1. The molecule has 0 aromatic rings. The van der Waals surface area contributed by atoms with E-state index in [1.54, 1.807) is 0 Å². The highest BCUT2D eigenvalue weighted by Crippen LogP contribution is 2.06. The summed E-state index contributed by atoms with van der Waals surface area (Å²) in [5.41, 5.74) is 0. The molecule has 0 fully saturated rings. The molecular formula is C17H38N2. The maximum absolute atomic E-state index is 3.69. The molecular weight excluding hydrogens is 232 g/mol. The normalized spacial score (nSPS) is 14.8. The van der Waals surface area contributed by atoms with Gasteiger partial charge in [0, 0.05) is 25.2 Å². The molecule has 0 saturated carbocycles. The van der Waals surface area contributed by atoms with Crippen LogP contribution in [0.4, 0.5) is 0 Å². The molecule has 19 heavy (non-hydrogen) atoms. The van der Waals surface area contributed by atoms with Crippen LogP contribution >= 0.6 is 0 Å². The van der Waals surface area contributed by atoms with Crippen molar-refractivity contribution < 1.29 is 0 Å². The van der Waals surface area contributed by atoms with Gasteiger partial charge in [-0.3, -0.25) is 4.90 Å². The predicted molar refractivity (Wildman–Crippen MR) is 87.8 cm³/mol. The van der Waals surface area contributed by atoms with Crippen molar-refractivity contribution in [3.8, 4) is 0 Å². The number of hydrogen-bond acceptors (Lipinski definition) is 2. The zero-order valence-electron chi connectivity index (χ0n) is 14.2. The molecule has 0 heterocycles. The van der Waals surface area contributed by atoms with Gasteiger partial charge in [0.05, 0.1) is 0 Å². The highest BCUT2D eigenvalue weighted by molar-refractivity contribution is 4.69. The fraction of sp³-hybridized carbons (Fsp3) is 1.00. The van der Waals surface area contributed by atoms with Crippen LogP contribution in [0.3, 0.4) is 0 Å². The highest BCUT2D eigenvalue weighted by atomic mass is 15.2. The highest BCUT2D eigenvalue weighted by Gasteiger charge is 2.11. The first-order valence-corrected chi connectivity index (χ1v) is 8.63. The van der Waals surface area contributed by atoms with Gasteiger partial charge < -0.3 is 5.32 Å². The fourth-order valence-electron chi connectivity index (χ4n) is 2.43. The Bertz CT molecular complexity index is 182. The van der Waals surface area contributed by atoms with E-state index in [1.165, 1.54) is 58.0 Å². The minimum absolute atomic E-state index is 0.677. The summed E-state index contributed by atoms with van der Waals surface area (Å²) in [6.45, 7) is 15.1. The van der Waals surface area contributed by atoms with Crippen LogP contribution in [-0.4, -0.2) is 36.6 Å². The lowest BCUT2D eigenvalue weighted by Gasteiger charge is -2.29. The van der Waals surface area contributed by atoms with Crippen molar-refractivity contribution in [3.63, 3.8) is 0 Å². The maximum atomic E-state index is 3.69. The van der Waals surface area contributed by atoms with Gasteiger partial charge in [-0.15, -0.1) is 0 Å². The van der Waals surface area contributed by atoms with Gasteiger partial charge in [-0.05, 0) is 39.7 Å². The standard InChI is InChI=1S/C17H38N2/c1-6-9-11-12-16(4)18-13-15-19(14-10-7-2)17(5)8-3/h16-18H,6-15H2,1-5H3. The van der Waals surface area contributed by atoms with Gasteiger partial charge in [0.15, 0.2) is 0 Å². The molecule has 0 amide bonds.